The average molecular weight is 370 g/mol. The van der Waals surface area contributed by atoms with Crippen LogP contribution in [0.15, 0.2) is 12.2 Å². The van der Waals surface area contributed by atoms with Crippen molar-refractivity contribution >= 4 is 0 Å². The van der Waals surface area contributed by atoms with E-state index >= 15 is 0 Å². The fourth-order valence-corrected chi connectivity index (χ4v) is 3.64. The summed E-state index contributed by atoms with van der Waals surface area (Å²) in [5.41, 5.74) is 0. The topological polar surface area (TPSA) is 61.7 Å². The molecule has 1 aliphatic rings. The van der Waals surface area contributed by atoms with E-state index in [1.165, 1.54) is 77.0 Å². The van der Waals surface area contributed by atoms with E-state index < -0.39 is 6.10 Å². The molecule has 3 N–H and O–H groups in total. The summed E-state index contributed by atoms with van der Waals surface area (Å²) >= 11 is 0. The average Bonchev–Trinajstić information content (AvgIpc) is 2.64. The zero-order valence-electron chi connectivity index (χ0n) is 17.2. The van der Waals surface area contributed by atoms with Gasteiger partial charge < -0.3 is 14.9 Å². The monoisotopic (exact) mass is 369 g/mol. The first kappa shape index (κ1) is 23.6. The Labute approximate surface area is 161 Å². The largest absolute Gasteiger partial charge is 0.395 e. The summed E-state index contributed by atoms with van der Waals surface area (Å²) in [5.74, 6) is 0. The predicted molar refractivity (Wildman–Crippen MR) is 109 cm³/mol. The van der Waals surface area contributed by atoms with E-state index in [-0.39, 0.29) is 25.0 Å². The highest BCUT2D eigenvalue weighted by molar-refractivity contribution is 4.99. The number of aliphatic hydroxyl groups is 2. The molecule has 0 saturated carbocycles. The van der Waals surface area contributed by atoms with E-state index in [1.807, 2.05) is 13.0 Å². The van der Waals surface area contributed by atoms with Crippen LogP contribution < -0.4 is 5.32 Å². The van der Waals surface area contributed by atoms with Gasteiger partial charge in [0.25, 0.3) is 0 Å². The second-order valence-corrected chi connectivity index (χ2v) is 7.80. The number of hydrogen-bond acceptors (Lipinski definition) is 4. The molecule has 1 heterocycles. The molecule has 0 aliphatic carbocycles. The lowest BCUT2D eigenvalue weighted by Crippen LogP contribution is -2.58. The van der Waals surface area contributed by atoms with Crippen LogP contribution in [-0.4, -0.2) is 41.3 Å². The van der Waals surface area contributed by atoms with Crippen molar-refractivity contribution in [1.82, 2.24) is 5.32 Å². The molecule has 154 valence electrons. The van der Waals surface area contributed by atoms with Crippen LogP contribution in [0.3, 0.4) is 0 Å². The number of allylic oxidation sites excluding steroid dienone is 1. The van der Waals surface area contributed by atoms with E-state index in [4.69, 9.17) is 4.74 Å². The zero-order chi connectivity index (χ0) is 19.0. The molecule has 1 fully saturated rings. The van der Waals surface area contributed by atoms with Crippen LogP contribution in [0.4, 0.5) is 0 Å². The molecule has 0 aromatic rings. The third-order valence-corrected chi connectivity index (χ3v) is 5.31. The van der Waals surface area contributed by atoms with Crippen LogP contribution in [0, 0.1) is 0 Å². The van der Waals surface area contributed by atoms with Crippen molar-refractivity contribution in [3.63, 3.8) is 0 Å². The molecule has 1 aliphatic heterocycles. The maximum Gasteiger partial charge on any atom is 0.106 e. The van der Waals surface area contributed by atoms with E-state index in [0.717, 1.165) is 6.42 Å². The highest BCUT2D eigenvalue weighted by atomic mass is 16.5. The Balaban J connectivity index is 1.94. The van der Waals surface area contributed by atoms with Gasteiger partial charge in [0.1, 0.15) is 18.4 Å². The van der Waals surface area contributed by atoms with E-state index in [2.05, 4.69) is 18.3 Å². The molecule has 0 radical (unpaired) electrons. The summed E-state index contributed by atoms with van der Waals surface area (Å²) in [6.07, 6.45) is 20.4. The van der Waals surface area contributed by atoms with Crippen molar-refractivity contribution in [2.45, 2.75) is 122 Å². The summed E-state index contributed by atoms with van der Waals surface area (Å²) in [6.45, 7) is 4.10. The molecule has 4 heteroatoms. The Hall–Kier alpha value is -0.420. The molecule has 1 rings (SSSR count). The minimum absolute atomic E-state index is 0.0715. The zero-order valence-corrected chi connectivity index (χ0v) is 17.2. The van der Waals surface area contributed by atoms with Crippen LogP contribution >= 0.6 is 0 Å². The van der Waals surface area contributed by atoms with E-state index in [9.17, 15) is 10.2 Å². The van der Waals surface area contributed by atoms with Crippen molar-refractivity contribution < 1.29 is 14.9 Å². The third-order valence-electron chi connectivity index (χ3n) is 5.31. The number of nitrogens with one attached hydrogen (secondary N) is 1. The number of ether oxygens (including phenoxy) is 1. The second kappa shape index (κ2) is 15.6. The minimum atomic E-state index is -0.686. The quantitative estimate of drug-likeness (QED) is 0.289. The number of aliphatic hydroxyl groups excluding tert-OH is 2. The van der Waals surface area contributed by atoms with Gasteiger partial charge in [-0.1, -0.05) is 89.7 Å². The molecule has 4 atom stereocenters. The second-order valence-electron chi connectivity index (χ2n) is 7.80. The molecule has 0 spiro atoms. The standard InChI is InChI=1S/C22H43NO3/c1-3-4-5-6-7-8-9-10-11-12-13-14-15-16-17-21-22(25)20(18-24)23-19(2)26-21/h16-17,19-25H,3-15,18H2,1-2H3. The van der Waals surface area contributed by atoms with Gasteiger partial charge in [-0.05, 0) is 19.8 Å². The first-order valence-electron chi connectivity index (χ1n) is 11.1. The molecular weight excluding hydrogens is 326 g/mol. The van der Waals surface area contributed by atoms with Gasteiger partial charge in [0.2, 0.25) is 0 Å². The van der Waals surface area contributed by atoms with Crippen molar-refractivity contribution in [2.24, 2.45) is 0 Å². The molecule has 1 saturated heterocycles. The Morgan fingerprint density at radius 2 is 1.42 bits per heavy atom. The Bertz CT molecular complexity index is 348. The maximum absolute atomic E-state index is 10.2. The van der Waals surface area contributed by atoms with Crippen LogP contribution in [0.1, 0.15) is 97.3 Å². The van der Waals surface area contributed by atoms with Crippen LogP contribution in [0.5, 0.6) is 0 Å². The fraction of sp³-hybridized carbons (Fsp3) is 0.909. The summed E-state index contributed by atoms with van der Waals surface area (Å²) < 4.78 is 5.69. The van der Waals surface area contributed by atoms with Crippen LogP contribution in [-0.2, 0) is 4.74 Å². The molecule has 4 nitrogen and oxygen atoms in total. The van der Waals surface area contributed by atoms with Crippen LogP contribution in [0.25, 0.3) is 0 Å². The lowest BCUT2D eigenvalue weighted by atomic mass is 10.0. The number of hydrogen-bond donors (Lipinski definition) is 3. The third kappa shape index (κ3) is 10.7. The van der Waals surface area contributed by atoms with Gasteiger partial charge in [0, 0.05) is 0 Å². The smallest absolute Gasteiger partial charge is 0.106 e. The molecule has 0 amide bonds. The molecule has 0 bridgehead atoms. The first-order valence-corrected chi connectivity index (χ1v) is 11.1. The minimum Gasteiger partial charge on any atom is -0.395 e. The molecular formula is C22H43NO3. The van der Waals surface area contributed by atoms with Gasteiger partial charge in [-0.25, -0.2) is 0 Å². The van der Waals surface area contributed by atoms with Gasteiger partial charge in [-0.3, -0.25) is 5.32 Å². The number of rotatable bonds is 15. The number of unbranched alkanes of at least 4 members (excludes halogenated alkanes) is 12. The Morgan fingerprint density at radius 1 is 0.885 bits per heavy atom. The Morgan fingerprint density at radius 3 is 1.96 bits per heavy atom. The predicted octanol–water partition coefficient (Wildman–Crippen LogP) is 4.69. The lowest BCUT2D eigenvalue weighted by Gasteiger charge is -2.37. The SMILES string of the molecule is CCCCCCCCCCCCCCC=CC1OC(C)NC(CO)C1O. The molecule has 0 aromatic heterocycles. The molecule has 4 unspecified atom stereocenters. The summed E-state index contributed by atoms with van der Waals surface area (Å²) in [7, 11) is 0. The van der Waals surface area contributed by atoms with Crippen molar-refractivity contribution in [2.75, 3.05) is 6.61 Å². The van der Waals surface area contributed by atoms with Gasteiger partial charge in [0.15, 0.2) is 0 Å². The van der Waals surface area contributed by atoms with Gasteiger partial charge in [-0.15, -0.1) is 0 Å². The summed E-state index contributed by atoms with van der Waals surface area (Å²) in [4.78, 5) is 0. The van der Waals surface area contributed by atoms with E-state index in [0.29, 0.717) is 0 Å². The van der Waals surface area contributed by atoms with Crippen molar-refractivity contribution in [1.29, 1.82) is 0 Å². The normalized spacial score (nSPS) is 26.6. The highest BCUT2D eigenvalue weighted by Gasteiger charge is 2.33. The van der Waals surface area contributed by atoms with Crippen LogP contribution in [0.2, 0.25) is 0 Å². The maximum atomic E-state index is 10.2. The molecule has 26 heavy (non-hydrogen) atoms. The summed E-state index contributed by atoms with van der Waals surface area (Å²) in [5, 5.41) is 22.5. The Kier molecular flexibility index (Phi) is 14.2. The van der Waals surface area contributed by atoms with Crippen molar-refractivity contribution in [3.05, 3.63) is 12.2 Å². The lowest BCUT2D eigenvalue weighted by molar-refractivity contribution is -0.124. The van der Waals surface area contributed by atoms with Gasteiger partial charge >= 0.3 is 0 Å². The summed E-state index contributed by atoms with van der Waals surface area (Å²) in [6, 6.07) is -0.306. The van der Waals surface area contributed by atoms with Gasteiger partial charge in [0.05, 0.1) is 12.6 Å². The first-order chi connectivity index (χ1) is 12.7. The van der Waals surface area contributed by atoms with E-state index in [1.54, 1.807) is 0 Å². The highest BCUT2D eigenvalue weighted by Crippen LogP contribution is 2.16. The van der Waals surface area contributed by atoms with Crippen molar-refractivity contribution in [3.8, 4) is 0 Å². The fourth-order valence-electron chi connectivity index (χ4n) is 3.64. The van der Waals surface area contributed by atoms with Gasteiger partial charge in [-0.2, -0.15) is 0 Å². The molecule has 0 aromatic carbocycles.